The van der Waals surface area contributed by atoms with Gasteiger partial charge in [0, 0.05) is 18.7 Å². The quantitative estimate of drug-likeness (QED) is 0.804. The van der Waals surface area contributed by atoms with Gasteiger partial charge in [0.05, 0.1) is 15.7 Å². The summed E-state index contributed by atoms with van der Waals surface area (Å²) in [4.78, 5) is 14.3. The molecule has 0 spiro atoms. The molecule has 19 heavy (non-hydrogen) atoms. The predicted molar refractivity (Wildman–Crippen MR) is 79.7 cm³/mol. The van der Waals surface area contributed by atoms with Crippen LogP contribution in [-0.2, 0) is 0 Å². The molecular formula is C14H18Cl2N2O. The van der Waals surface area contributed by atoms with Crippen LogP contribution in [0.4, 0.5) is 5.69 Å². The zero-order chi connectivity index (χ0) is 14.2. The van der Waals surface area contributed by atoms with E-state index in [9.17, 15) is 4.79 Å². The Morgan fingerprint density at radius 2 is 1.68 bits per heavy atom. The van der Waals surface area contributed by atoms with Crippen molar-refractivity contribution in [2.45, 2.75) is 20.3 Å². The maximum Gasteiger partial charge on any atom is 0.253 e. The molecule has 1 aliphatic heterocycles. The number of nitrogens with zero attached hydrogens (tertiary/aromatic N) is 1. The van der Waals surface area contributed by atoms with Crippen LogP contribution >= 0.6 is 23.2 Å². The Balaban J connectivity index is 2.24. The summed E-state index contributed by atoms with van der Waals surface area (Å²) in [5.74, 6) is 1.02. The van der Waals surface area contributed by atoms with Gasteiger partial charge in [-0.25, -0.2) is 0 Å². The normalized spacial score (nSPS) is 23.5. The molecule has 0 bridgehead atoms. The van der Waals surface area contributed by atoms with Crippen LogP contribution in [0.25, 0.3) is 0 Å². The Morgan fingerprint density at radius 3 is 2.16 bits per heavy atom. The van der Waals surface area contributed by atoms with Gasteiger partial charge in [-0.1, -0.05) is 37.0 Å². The number of carbonyl (C=O) groups is 1. The number of carbonyl (C=O) groups excluding carboxylic acids is 1. The first kappa shape index (κ1) is 14.5. The van der Waals surface area contributed by atoms with Crippen molar-refractivity contribution in [2.24, 2.45) is 11.8 Å². The highest BCUT2D eigenvalue weighted by atomic mass is 35.5. The molecule has 1 fully saturated rings. The zero-order valence-electron chi connectivity index (χ0n) is 11.1. The van der Waals surface area contributed by atoms with Crippen molar-refractivity contribution < 1.29 is 4.79 Å². The second-order valence-electron chi connectivity index (χ2n) is 5.51. The molecule has 1 heterocycles. The third-order valence-electron chi connectivity index (χ3n) is 3.48. The van der Waals surface area contributed by atoms with Crippen molar-refractivity contribution in [3.05, 3.63) is 27.7 Å². The Bertz CT molecular complexity index is 471. The number of nitrogens with two attached hydrogens (primary N) is 1. The largest absolute Gasteiger partial charge is 0.396 e. The molecule has 3 nitrogen and oxygen atoms in total. The van der Waals surface area contributed by atoms with Crippen molar-refractivity contribution in [1.29, 1.82) is 0 Å². The van der Waals surface area contributed by atoms with Crippen molar-refractivity contribution in [1.82, 2.24) is 4.90 Å². The van der Waals surface area contributed by atoms with Crippen molar-refractivity contribution in [3.63, 3.8) is 0 Å². The Labute approximate surface area is 123 Å². The van der Waals surface area contributed by atoms with Gasteiger partial charge in [0.1, 0.15) is 0 Å². The minimum Gasteiger partial charge on any atom is -0.396 e. The summed E-state index contributed by atoms with van der Waals surface area (Å²) >= 11 is 12.0. The van der Waals surface area contributed by atoms with E-state index in [0.29, 0.717) is 33.1 Å². The second-order valence-corrected chi connectivity index (χ2v) is 6.32. The van der Waals surface area contributed by atoms with Crippen LogP contribution in [0.3, 0.4) is 0 Å². The Kier molecular flexibility index (Phi) is 4.26. The van der Waals surface area contributed by atoms with Crippen LogP contribution < -0.4 is 5.73 Å². The molecule has 0 aliphatic carbocycles. The minimum absolute atomic E-state index is 0.0257. The van der Waals surface area contributed by atoms with Crippen molar-refractivity contribution in [3.8, 4) is 0 Å². The molecule has 2 rings (SSSR count). The number of nitrogen functional groups attached to an aromatic ring is 1. The molecular weight excluding hydrogens is 283 g/mol. The molecule has 1 aromatic carbocycles. The summed E-state index contributed by atoms with van der Waals surface area (Å²) in [5.41, 5.74) is 6.51. The first-order valence-electron chi connectivity index (χ1n) is 6.42. The SMILES string of the molecule is CC1CC(C)CN(C(=O)c2cc(Cl)c(N)c(Cl)c2)C1. The number of amides is 1. The number of halogens is 2. The molecule has 1 saturated heterocycles. The highest BCUT2D eigenvalue weighted by Gasteiger charge is 2.26. The summed E-state index contributed by atoms with van der Waals surface area (Å²) in [5, 5.41) is 0.655. The van der Waals surface area contributed by atoms with Crippen LogP contribution in [0, 0.1) is 11.8 Å². The van der Waals surface area contributed by atoms with Crippen molar-refractivity contribution >= 4 is 34.8 Å². The lowest BCUT2D eigenvalue weighted by Crippen LogP contribution is -2.42. The number of likely N-dealkylation sites (tertiary alicyclic amines) is 1. The summed E-state index contributed by atoms with van der Waals surface area (Å²) in [6.07, 6.45) is 1.16. The Morgan fingerprint density at radius 1 is 1.21 bits per heavy atom. The minimum atomic E-state index is -0.0257. The second kappa shape index (κ2) is 5.59. The summed E-state index contributed by atoms with van der Waals surface area (Å²) < 4.78 is 0. The first-order chi connectivity index (χ1) is 8.88. The molecule has 0 radical (unpaired) electrons. The fourth-order valence-electron chi connectivity index (χ4n) is 2.72. The average Bonchev–Trinajstić information content (AvgIpc) is 2.33. The van der Waals surface area contributed by atoms with Gasteiger partial charge in [0.25, 0.3) is 5.91 Å². The van der Waals surface area contributed by atoms with E-state index in [4.69, 9.17) is 28.9 Å². The average molecular weight is 301 g/mol. The molecule has 1 aromatic rings. The summed E-state index contributed by atoms with van der Waals surface area (Å²) in [7, 11) is 0. The first-order valence-corrected chi connectivity index (χ1v) is 7.18. The van der Waals surface area contributed by atoms with E-state index < -0.39 is 0 Å². The van der Waals surface area contributed by atoms with Gasteiger partial charge < -0.3 is 10.6 Å². The van der Waals surface area contributed by atoms with E-state index in [2.05, 4.69) is 13.8 Å². The van der Waals surface area contributed by atoms with Gasteiger partial charge in [0.15, 0.2) is 0 Å². The number of hydrogen-bond donors (Lipinski definition) is 1. The number of hydrogen-bond acceptors (Lipinski definition) is 2. The predicted octanol–water partition coefficient (Wildman–Crippen LogP) is 3.69. The smallest absolute Gasteiger partial charge is 0.253 e. The van der Waals surface area contributed by atoms with Gasteiger partial charge in [-0.3, -0.25) is 4.79 Å². The Hall–Kier alpha value is -0.930. The molecule has 2 atom stereocenters. The van der Waals surface area contributed by atoms with Crippen LogP contribution in [0.2, 0.25) is 10.0 Å². The van der Waals surface area contributed by atoms with Gasteiger partial charge in [-0.05, 0) is 30.4 Å². The van der Waals surface area contributed by atoms with Crippen LogP contribution in [0.15, 0.2) is 12.1 Å². The molecule has 1 amide bonds. The summed E-state index contributed by atoms with van der Waals surface area (Å²) in [6.45, 7) is 5.89. The molecule has 104 valence electrons. The number of benzene rings is 1. The molecule has 5 heteroatoms. The third-order valence-corrected chi connectivity index (χ3v) is 4.11. The van der Waals surface area contributed by atoms with Gasteiger partial charge in [0.2, 0.25) is 0 Å². The lowest BCUT2D eigenvalue weighted by molar-refractivity contribution is 0.0623. The monoisotopic (exact) mass is 300 g/mol. The topological polar surface area (TPSA) is 46.3 Å². The van der Waals surface area contributed by atoms with Crippen molar-refractivity contribution in [2.75, 3.05) is 18.8 Å². The molecule has 2 N–H and O–H groups in total. The number of rotatable bonds is 1. The van der Waals surface area contributed by atoms with E-state index in [0.717, 1.165) is 19.5 Å². The molecule has 1 aliphatic rings. The lowest BCUT2D eigenvalue weighted by atomic mass is 9.91. The molecule has 0 saturated carbocycles. The lowest BCUT2D eigenvalue weighted by Gasteiger charge is -2.35. The zero-order valence-corrected chi connectivity index (χ0v) is 12.6. The molecule has 2 unspecified atom stereocenters. The highest BCUT2D eigenvalue weighted by Crippen LogP contribution is 2.30. The van der Waals surface area contributed by atoms with Crippen LogP contribution in [0.1, 0.15) is 30.6 Å². The van der Waals surface area contributed by atoms with E-state index >= 15 is 0 Å². The summed E-state index contributed by atoms with van der Waals surface area (Å²) in [6, 6.07) is 3.18. The van der Waals surface area contributed by atoms with E-state index in [-0.39, 0.29) is 5.91 Å². The number of piperidine rings is 1. The van der Waals surface area contributed by atoms with Gasteiger partial charge in [-0.15, -0.1) is 0 Å². The van der Waals surface area contributed by atoms with E-state index in [1.165, 1.54) is 0 Å². The van der Waals surface area contributed by atoms with Crippen LogP contribution in [-0.4, -0.2) is 23.9 Å². The fourth-order valence-corrected chi connectivity index (χ4v) is 3.21. The fraction of sp³-hybridized carbons (Fsp3) is 0.500. The highest BCUT2D eigenvalue weighted by molar-refractivity contribution is 6.39. The third kappa shape index (κ3) is 3.15. The van der Waals surface area contributed by atoms with Gasteiger partial charge >= 0.3 is 0 Å². The van der Waals surface area contributed by atoms with E-state index in [1.54, 1.807) is 12.1 Å². The van der Waals surface area contributed by atoms with Crippen LogP contribution in [0.5, 0.6) is 0 Å². The molecule has 0 aromatic heterocycles. The standard InChI is InChI=1S/C14H18Cl2N2O/c1-8-3-9(2)7-18(6-8)14(19)10-4-11(15)13(17)12(16)5-10/h4-5,8-9H,3,6-7,17H2,1-2H3. The van der Waals surface area contributed by atoms with E-state index in [1.807, 2.05) is 4.90 Å². The maximum atomic E-state index is 12.5. The number of anilines is 1. The van der Waals surface area contributed by atoms with Gasteiger partial charge in [-0.2, -0.15) is 0 Å². The maximum absolute atomic E-state index is 12.5.